The van der Waals surface area contributed by atoms with E-state index in [2.05, 4.69) is 124 Å². The van der Waals surface area contributed by atoms with Crippen LogP contribution in [-0.4, -0.2) is 24.1 Å². The number of nitrogens with zero attached hydrogens (tertiary/aromatic N) is 5. The standard InChI is InChI=1S/C47H31N5/c1-2-14-30(15-3-1)52-43-25-24-42-44(46(43)45-34-18-6-4-16-32(34)33-17-5-7-19-35(33)47(45)52)36-20-8-9-23-41(36)51(42)31-28-39(37-21-10-12-26-48-37)50-40(29-31)38-22-11-13-27-49-38/h1-7,9-19,21-29H,8,20H2. The summed E-state index contributed by atoms with van der Waals surface area (Å²) in [5.74, 6) is 0. The Hall–Kier alpha value is -6.85. The quantitative estimate of drug-likeness (QED) is 0.176. The maximum Gasteiger partial charge on any atom is 0.0915 e. The average molecular weight is 666 g/mol. The summed E-state index contributed by atoms with van der Waals surface area (Å²) in [5, 5.41) is 8.98. The van der Waals surface area contributed by atoms with Crippen molar-refractivity contribution in [3.63, 3.8) is 0 Å². The Kier molecular flexibility index (Phi) is 6.31. The third-order valence-electron chi connectivity index (χ3n) is 10.6. The number of hydrogen-bond donors (Lipinski definition) is 0. The van der Waals surface area contributed by atoms with Gasteiger partial charge in [0, 0.05) is 45.3 Å². The summed E-state index contributed by atoms with van der Waals surface area (Å²) in [4.78, 5) is 14.5. The van der Waals surface area contributed by atoms with E-state index in [9.17, 15) is 0 Å². The molecular weight excluding hydrogens is 635 g/mol. The molecule has 0 spiro atoms. The van der Waals surface area contributed by atoms with Gasteiger partial charge in [-0.2, -0.15) is 0 Å². The number of aryl methyl sites for hydroxylation is 1. The number of aromatic nitrogens is 5. The first kappa shape index (κ1) is 28.9. The van der Waals surface area contributed by atoms with Crippen LogP contribution in [0.15, 0.2) is 158 Å². The average Bonchev–Trinajstić information content (AvgIpc) is 3.75. The Balaban J connectivity index is 1.33. The molecule has 5 heterocycles. The molecule has 52 heavy (non-hydrogen) atoms. The molecule has 244 valence electrons. The molecule has 0 N–H and O–H groups in total. The van der Waals surface area contributed by atoms with Crippen molar-refractivity contribution in [1.82, 2.24) is 24.1 Å². The van der Waals surface area contributed by atoms with E-state index in [1.54, 1.807) is 0 Å². The van der Waals surface area contributed by atoms with Gasteiger partial charge >= 0.3 is 0 Å². The van der Waals surface area contributed by atoms with Crippen LogP contribution in [0.5, 0.6) is 0 Å². The fraction of sp³-hybridized carbons (Fsp3) is 0.0426. The molecule has 0 aliphatic heterocycles. The van der Waals surface area contributed by atoms with Gasteiger partial charge in [-0.3, -0.25) is 9.97 Å². The third-order valence-corrected chi connectivity index (χ3v) is 10.6. The molecule has 5 heteroatoms. The maximum atomic E-state index is 5.11. The van der Waals surface area contributed by atoms with Gasteiger partial charge in [-0.25, -0.2) is 4.98 Å². The molecule has 0 fully saturated rings. The normalized spacial score (nSPS) is 12.8. The van der Waals surface area contributed by atoms with Crippen LogP contribution in [0.3, 0.4) is 0 Å². The van der Waals surface area contributed by atoms with Crippen molar-refractivity contribution in [1.29, 1.82) is 0 Å². The van der Waals surface area contributed by atoms with Crippen LogP contribution in [0.1, 0.15) is 17.7 Å². The Bertz CT molecular complexity index is 2990. The number of benzene rings is 5. The van der Waals surface area contributed by atoms with Crippen molar-refractivity contribution in [3.05, 3.63) is 169 Å². The molecule has 5 nitrogen and oxygen atoms in total. The monoisotopic (exact) mass is 665 g/mol. The van der Waals surface area contributed by atoms with Crippen LogP contribution in [0.4, 0.5) is 0 Å². The third kappa shape index (κ3) is 4.20. The minimum Gasteiger partial charge on any atom is -0.309 e. The molecule has 5 aromatic heterocycles. The molecule has 0 unspecified atom stereocenters. The summed E-state index contributed by atoms with van der Waals surface area (Å²) in [6.07, 6.45) is 10.2. The van der Waals surface area contributed by atoms with Crippen LogP contribution in [0, 0.1) is 0 Å². The number of para-hydroxylation sites is 1. The lowest BCUT2D eigenvalue weighted by Gasteiger charge is -2.15. The number of hydrogen-bond acceptors (Lipinski definition) is 3. The molecule has 5 aromatic carbocycles. The second-order valence-corrected chi connectivity index (χ2v) is 13.5. The summed E-state index contributed by atoms with van der Waals surface area (Å²) < 4.78 is 4.93. The van der Waals surface area contributed by atoms with Crippen LogP contribution in [0.25, 0.3) is 94.5 Å². The Morgan fingerprint density at radius 1 is 0.462 bits per heavy atom. The SMILES string of the molecule is C1=Cc2c(c3c4c5c6ccccc6c6ccccc6c5n(-c5ccccc5)c4ccc3n2-c2cc(-c3ccccn3)nc(-c3ccccn3)c2)CC1. The lowest BCUT2D eigenvalue weighted by atomic mass is 9.94. The summed E-state index contributed by atoms with van der Waals surface area (Å²) in [7, 11) is 0. The van der Waals surface area contributed by atoms with Gasteiger partial charge in [0.05, 0.1) is 45.0 Å². The van der Waals surface area contributed by atoms with Crippen molar-refractivity contribution in [2.75, 3.05) is 0 Å². The summed E-state index contributed by atoms with van der Waals surface area (Å²) in [6, 6.07) is 49.6. The second-order valence-electron chi connectivity index (χ2n) is 13.5. The van der Waals surface area contributed by atoms with Gasteiger partial charge in [-0.1, -0.05) is 84.9 Å². The number of pyridine rings is 3. The predicted octanol–water partition coefficient (Wildman–Crippen LogP) is 11.5. The van der Waals surface area contributed by atoms with Gasteiger partial charge in [-0.05, 0) is 101 Å². The van der Waals surface area contributed by atoms with Crippen molar-refractivity contribution in [3.8, 4) is 34.2 Å². The topological polar surface area (TPSA) is 48.5 Å². The molecule has 10 aromatic rings. The molecule has 0 saturated carbocycles. The molecule has 1 aliphatic carbocycles. The van der Waals surface area contributed by atoms with Gasteiger partial charge < -0.3 is 9.13 Å². The zero-order valence-corrected chi connectivity index (χ0v) is 28.2. The zero-order valence-electron chi connectivity index (χ0n) is 28.2. The van der Waals surface area contributed by atoms with Gasteiger partial charge in [0.2, 0.25) is 0 Å². The van der Waals surface area contributed by atoms with Crippen LogP contribution < -0.4 is 0 Å². The smallest absolute Gasteiger partial charge is 0.0915 e. The van der Waals surface area contributed by atoms with E-state index in [1.165, 1.54) is 65.5 Å². The molecule has 0 bridgehead atoms. The predicted molar refractivity (Wildman–Crippen MR) is 214 cm³/mol. The summed E-state index contributed by atoms with van der Waals surface area (Å²) >= 11 is 0. The second kappa shape index (κ2) is 11.3. The Morgan fingerprint density at radius 2 is 1.06 bits per heavy atom. The van der Waals surface area contributed by atoms with E-state index in [0.717, 1.165) is 47.0 Å². The van der Waals surface area contributed by atoms with Crippen molar-refractivity contribution < 1.29 is 0 Å². The Morgan fingerprint density at radius 3 is 1.73 bits per heavy atom. The van der Waals surface area contributed by atoms with E-state index < -0.39 is 0 Å². The summed E-state index contributed by atoms with van der Waals surface area (Å²) in [6.45, 7) is 0. The molecule has 0 saturated heterocycles. The highest BCUT2D eigenvalue weighted by atomic mass is 15.0. The van der Waals surface area contributed by atoms with Crippen molar-refractivity contribution >= 4 is 60.3 Å². The van der Waals surface area contributed by atoms with Gasteiger partial charge in [-0.15, -0.1) is 0 Å². The van der Waals surface area contributed by atoms with Crippen LogP contribution >= 0.6 is 0 Å². The van der Waals surface area contributed by atoms with Crippen LogP contribution in [0.2, 0.25) is 0 Å². The number of rotatable bonds is 4. The minimum atomic E-state index is 0.813. The van der Waals surface area contributed by atoms with E-state index in [1.807, 2.05) is 48.8 Å². The highest BCUT2D eigenvalue weighted by Gasteiger charge is 2.26. The zero-order chi connectivity index (χ0) is 34.2. The first-order valence-corrected chi connectivity index (χ1v) is 17.8. The summed E-state index contributed by atoms with van der Waals surface area (Å²) in [5.41, 5.74) is 11.7. The van der Waals surface area contributed by atoms with E-state index in [4.69, 9.17) is 15.0 Å². The number of fused-ring (bicyclic) bond motifs is 12. The van der Waals surface area contributed by atoms with E-state index in [-0.39, 0.29) is 0 Å². The molecular formula is C47H31N5. The highest BCUT2D eigenvalue weighted by molar-refractivity contribution is 6.36. The fourth-order valence-corrected chi connectivity index (χ4v) is 8.54. The Labute approximate surface area is 299 Å². The van der Waals surface area contributed by atoms with Gasteiger partial charge in [0.15, 0.2) is 0 Å². The molecule has 0 atom stereocenters. The maximum absolute atomic E-state index is 5.11. The molecule has 1 aliphatic rings. The van der Waals surface area contributed by atoms with Gasteiger partial charge in [0.25, 0.3) is 0 Å². The fourth-order valence-electron chi connectivity index (χ4n) is 8.54. The molecule has 0 amide bonds. The largest absolute Gasteiger partial charge is 0.309 e. The van der Waals surface area contributed by atoms with E-state index >= 15 is 0 Å². The first-order chi connectivity index (χ1) is 25.8. The van der Waals surface area contributed by atoms with Crippen molar-refractivity contribution in [2.45, 2.75) is 12.8 Å². The molecule has 11 rings (SSSR count). The lowest BCUT2D eigenvalue weighted by Crippen LogP contribution is -2.03. The highest BCUT2D eigenvalue weighted by Crippen LogP contribution is 2.47. The number of allylic oxidation sites excluding steroid dienone is 1. The molecule has 0 radical (unpaired) electrons. The van der Waals surface area contributed by atoms with E-state index in [0.29, 0.717) is 0 Å². The lowest BCUT2D eigenvalue weighted by molar-refractivity contribution is 0.967. The van der Waals surface area contributed by atoms with Gasteiger partial charge in [0.1, 0.15) is 0 Å². The first-order valence-electron chi connectivity index (χ1n) is 17.8. The van der Waals surface area contributed by atoms with Crippen molar-refractivity contribution in [2.24, 2.45) is 0 Å². The minimum absolute atomic E-state index is 0.813. The van der Waals surface area contributed by atoms with Crippen LogP contribution in [-0.2, 0) is 6.42 Å².